The van der Waals surface area contributed by atoms with Crippen molar-refractivity contribution in [3.8, 4) is 17.0 Å². The van der Waals surface area contributed by atoms with Gasteiger partial charge in [0.05, 0.1) is 0 Å². The molecule has 0 aliphatic carbocycles. The molecule has 3 aromatic rings. The minimum absolute atomic E-state index is 0.0498. The van der Waals surface area contributed by atoms with Crippen LogP contribution in [0.1, 0.15) is 56.3 Å². The van der Waals surface area contributed by atoms with Crippen molar-refractivity contribution in [3.05, 3.63) is 65.7 Å². The summed E-state index contributed by atoms with van der Waals surface area (Å²) in [5.74, 6) is -0.924. The zero-order valence-corrected chi connectivity index (χ0v) is 23.5. The Kier molecular flexibility index (Phi) is 8.58. The van der Waals surface area contributed by atoms with Gasteiger partial charge in [0, 0.05) is 31.3 Å². The Hall–Kier alpha value is -3.86. The summed E-state index contributed by atoms with van der Waals surface area (Å²) in [5, 5.41) is 12.4. The van der Waals surface area contributed by atoms with Crippen LogP contribution in [-0.2, 0) is 11.2 Å². The molecule has 2 aliphatic heterocycles. The number of benzene rings is 2. The molecule has 0 amide bonds. The summed E-state index contributed by atoms with van der Waals surface area (Å²) in [4.78, 5) is 21.5. The molecule has 0 bridgehead atoms. The molecular formula is C31H36F3N5O3. The number of piperidine rings is 1. The van der Waals surface area contributed by atoms with Crippen molar-refractivity contribution < 1.29 is 27.8 Å². The lowest BCUT2D eigenvalue weighted by molar-refractivity contribution is -0.198. The number of nitrogen functional groups attached to an aromatic ring is 1. The Morgan fingerprint density at radius 2 is 1.76 bits per heavy atom. The van der Waals surface area contributed by atoms with Crippen molar-refractivity contribution in [2.75, 3.05) is 30.3 Å². The molecule has 4 N–H and O–H groups in total. The van der Waals surface area contributed by atoms with Gasteiger partial charge in [-0.25, -0.2) is 0 Å². The molecule has 2 aromatic carbocycles. The molecule has 3 heterocycles. The molecule has 2 fully saturated rings. The highest BCUT2D eigenvalue weighted by atomic mass is 19.4. The summed E-state index contributed by atoms with van der Waals surface area (Å²) in [7, 11) is 0. The van der Waals surface area contributed by atoms with Crippen LogP contribution in [-0.4, -0.2) is 52.9 Å². The van der Waals surface area contributed by atoms with Gasteiger partial charge >= 0.3 is 12.1 Å². The average Bonchev–Trinajstić information content (AvgIpc) is 3.38. The first kappa shape index (κ1) is 29.6. The standard InChI is InChI=1S/C31H36F3N5O3/c1-2-3-4-20-5-7-21(8-6-20)22-9-11-23(12-10-22)27(31(32,33)34)42-26-17-25(37-29(35)38-26)39-15-13-30(14-16-39)18-24(28(40)41)36-19-30/h5-12,17,24,27,36H,2-4,13-16,18-19H2,1H3,(H,40,41)(H2,35,37,38)/t24?,27-/m1/s1. The van der Waals surface area contributed by atoms with Crippen molar-refractivity contribution in [1.29, 1.82) is 0 Å². The van der Waals surface area contributed by atoms with E-state index in [9.17, 15) is 23.1 Å². The predicted molar refractivity (Wildman–Crippen MR) is 154 cm³/mol. The number of nitrogens with zero attached hydrogens (tertiary/aromatic N) is 3. The number of anilines is 2. The van der Waals surface area contributed by atoms with Gasteiger partial charge in [-0.3, -0.25) is 4.79 Å². The van der Waals surface area contributed by atoms with Crippen molar-refractivity contribution >= 4 is 17.7 Å². The zero-order valence-electron chi connectivity index (χ0n) is 23.5. The fourth-order valence-electron chi connectivity index (χ4n) is 5.88. The van der Waals surface area contributed by atoms with E-state index in [1.165, 1.54) is 23.8 Å². The highest BCUT2D eigenvalue weighted by Gasteiger charge is 2.45. The smallest absolute Gasteiger partial charge is 0.429 e. The van der Waals surface area contributed by atoms with Crippen LogP contribution >= 0.6 is 0 Å². The second-order valence-corrected chi connectivity index (χ2v) is 11.3. The molecule has 0 saturated carbocycles. The Bertz CT molecular complexity index is 1370. The van der Waals surface area contributed by atoms with Crippen LogP contribution in [0.4, 0.5) is 24.9 Å². The first-order valence-corrected chi connectivity index (χ1v) is 14.3. The normalized spacial score (nSPS) is 19.1. The van der Waals surface area contributed by atoms with Crippen LogP contribution in [0.5, 0.6) is 5.88 Å². The van der Waals surface area contributed by atoms with Crippen LogP contribution in [0.15, 0.2) is 54.6 Å². The number of ether oxygens (including phenoxy) is 1. The number of hydrogen-bond acceptors (Lipinski definition) is 7. The van der Waals surface area contributed by atoms with Crippen LogP contribution in [0, 0.1) is 5.41 Å². The number of carboxylic acid groups (broad SMARTS) is 1. The molecule has 2 aliphatic rings. The van der Waals surface area contributed by atoms with Crippen molar-refractivity contribution in [2.45, 2.75) is 63.8 Å². The van der Waals surface area contributed by atoms with Gasteiger partial charge in [-0.15, -0.1) is 0 Å². The van der Waals surface area contributed by atoms with Crippen molar-refractivity contribution in [3.63, 3.8) is 0 Å². The summed E-state index contributed by atoms with van der Waals surface area (Å²) in [5.41, 5.74) is 8.69. The average molecular weight is 584 g/mol. The maximum Gasteiger partial charge on any atom is 0.429 e. The number of unbranched alkanes of at least 4 members (excludes halogenated alkanes) is 1. The van der Waals surface area contributed by atoms with Crippen molar-refractivity contribution in [1.82, 2.24) is 15.3 Å². The van der Waals surface area contributed by atoms with Gasteiger partial charge in [0.1, 0.15) is 11.9 Å². The molecule has 224 valence electrons. The van der Waals surface area contributed by atoms with Gasteiger partial charge in [0.25, 0.3) is 0 Å². The van der Waals surface area contributed by atoms with E-state index in [2.05, 4.69) is 34.3 Å². The number of aryl methyl sites for hydroxylation is 1. The van der Waals surface area contributed by atoms with Gasteiger partial charge in [0.15, 0.2) is 0 Å². The zero-order chi connectivity index (χ0) is 29.9. The number of hydrogen-bond donors (Lipinski definition) is 3. The SMILES string of the molecule is CCCCc1ccc(-c2ccc([C@@H](Oc3cc(N4CCC5(CC4)CNC(C(=O)O)C5)nc(N)n3)C(F)(F)F)cc2)cc1. The second kappa shape index (κ2) is 12.2. The first-order chi connectivity index (χ1) is 20.0. The second-order valence-electron chi connectivity index (χ2n) is 11.3. The van der Waals surface area contributed by atoms with Gasteiger partial charge in [0.2, 0.25) is 17.9 Å². The Labute approximate surface area is 243 Å². The van der Waals surface area contributed by atoms with Crippen LogP contribution in [0.2, 0.25) is 0 Å². The summed E-state index contributed by atoms with van der Waals surface area (Å²) in [6.45, 7) is 3.89. The van der Waals surface area contributed by atoms with Crippen molar-refractivity contribution in [2.24, 2.45) is 5.41 Å². The van der Waals surface area contributed by atoms with Crippen LogP contribution < -0.4 is 20.7 Å². The molecule has 42 heavy (non-hydrogen) atoms. The molecule has 2 saturated heterocycles. The van der Waals surface area contributed by atoms with E-state index >= 15 is 0 Å². The summed E-state index contributed by atoms with van der Waals surface area (Å²) >= 11 is 0. The molecule has 0 radical (unpaired) electrons. The number of nitrogens with one attached hydrogen (secondary N) is 1. The highest BCUT2D eigenvalue weighted by Crippen LogP contribution is 2.41. The topological polar surface area (TPSA) is 114 Å². The van der Waals surface area contributed by atoms with E-state index in [0.29, 0.717) is 31.9 Å². The third kappa shape index (κ3) is 6.78. The number of nitrogens with two attached hydrogens (primary N) is 1. The quantitative estimate of drug-likeness (QED) is 0.290. The Morgan fingerprint density at radius 1 is 1.12 bits per heavy atom. The molecule has 8 nitrogen and oxygen atoms in total. The number of rotatable bonds is 9. The molecule has 1 aromatic heterocycles. The van der Waals surface area contributed by atoms with Gasteiger partial charge in [-0.05, 0) is 54.2 Å². The third-order valence-corrected chi connectivity index (χ3v) is 8.37. The highest BCUT2D eigenvalue weighted by molar-refractivity contribution is 5.74. The van der Waals surface area contributed by atoms with Gasteiger partial charge < -0.3 is 25.8 Å². The Balaban J connectivity index is 1.29. The molecule has 1 spiro atoms. The predicted octanol–water partition coefficient (Wildman–Crippen LogP) is 5.78. The number of carboxylic acids is 1. The monoisotopic (exact) mass is 583 g/mol. The minimum atomic E-state index is -4.70. The molecule has 11 heteroatoms. The van der Waals surface area contributed by atoms with Crippen LogP contribution in [0.25, 0.3) is 11.1 Å². The lowest BCUT2D eigenvalue weighted by Gasteiger charge is -2.39. The fourth-order valence-corrected chi connectivity index (χ4v) is 5.88. The van der Waals surface area contributed by atoms with E-state index in [1.54, 1.807) is 12.1 Å². The lowest BCUT2D eigenvalue weighted by atomic mass is 9.76. The van der Waals surface area contributed by atoms with Crippen LogP contribution in [0.3, 0.4) is 0 Å². The maximum absolute atomic E-state index is 14.2. The van der Waals surface area contributed by atoms with Gasteiger partial charge in [-0.2, -0.15) is 23.1 Å². The first-order valence-electron chi connectivity index (χ1n) is 14.3. The maximum atomic E-state index is 14.2. The largest absolute Gasteiger partial charge is 0.480 e. The molecule has 5 rings (SSSR count). The van der Waals surface area contributed by atoms with E-state index in [4.69, 9.17) is 10.5 Å². The van der Waals surface area contributed by atoms with E-state index in [1.807, 2.05) is 17.0 Å². The van der Waals surface area contributed by atoms with E-state index in [0.717, 1.165) is 43.2 Å². The van der Waals surface area contributed by atoms with E-state index < -0.39 is 24.3 Å². The number of aliphatic carboxylic acids is 1. The minimum Gasteiger partial charge on any atom is -0.480 e. The third-order valence-electron chi connectivity index (χ3n) is 8.37. The number of halogens is 3. The number of alkyl halides is 3. The fraction of sp³-hybridized carbons (Fsp3) is 0.452. The van der Waals surface area contributed by atoms with Gasteiger partial charge in [-0.1, -0.05) is 61.9 Å². The summed E-state index contributed by atoms with van der Waals surface area (Å²) in [6, 6.07) is 15.1. The molecular weight excluding hydrogens is 547 g/mol. The molecule has 1 unspecified atom stereocenters. The number of carbonyl (C=O) groups is 1. The Morgan fingerprint density at radius 3 is 2.33 bits per heavy atom. The number of aromatic nitrogens is 2. The lowest BCUT2D eigenvalue weighted by Crippen LogP contribution is -2.41. The molecule has 2 atom stereocenters. The van der Waals surface area contributed by atoms with E-state index in [-0.39, 0.29) is 22.8 Å². The summed E-state index contributed by atoms with van der Waals surface area (Å²) in [6.07, 6.45) is -1.72. The summed E-state index contributed by atoms with van der Waals surface area (Å²) < 4.78 is 48.1.